The predicted octanol–water partition coefficient (Wildman–Crippen LogP) is 3.46. The summed E-state index contributed by atoms with van der Waals surface area (Å²) < 4.78 is 0. The molecule has 0 spiro atoms. The molecule has 0 atom stereocenters. The van der Waals surface area contributed by atoms with Crippen molar-refractivity contribution in [2.75, 3.05) is 26.0 Å². The van der Waals surface area contributed by atoms with Gasteiger partial charge in [-0.05, 0) is 35.9 Å². The summed E-state index contributed by atoms with van der Waals surface area (Å²) in [6.45, 7) is 0.633. The van der Waals surface area contributed by atoms with E-state index in [4.69, 9.17) is 4.98 Å². The molecule has 0 saturated heterocycles. The van der Waals surface area contributed by atoms with Crippen molar-refractivity contribution in [2.45, 2.75) is 6.54 Å². The number of nitrogens with zero attached hydrogens (tertiary/aromatic N) is 4. The van der Waals surface area contributed by atoms with Gasteiger partial charge in [0.25, 0.3) is 5.91 Å². The number of carbonyl (C=O) groups excluding carboxylic acids is 1. The zero-order valence-electron chi connectivity index (χ0n) is 15.1. The lowest BCUT2D eigenvalue weighted by atomic mass is 10.1. The fraction of sp³-hybridized carbons (Fsp3) is 0.190. The van der Waals surface area contributed by atoms with Gasteiger partial charge < -0.3 is 9.80 Å². The van der Waals surface area contributed by atoms with Crippen LogP contribution in [0.5, 0.6) is 0 Å². The van der Waals surface area contributed by atoms with Crippen LogP contribution >= 0.6 is 0 Å². The highest BCUT2D eigenvalue weighted by molar-refractivity contribution is 5.98. The SMILES string of the molecule is CN1Cc2cc(-c3nccc(-c4ccc(N(C)C)cc4)n3)ccc2C1=O. The lowest BCUT2D eigenvalue weighted by molar-refractivity contribution is 0.0816. The van der Waals surface area contributed by atoms with E-state index in [1.54, 1.807) is 11.1 Å². The van der Waals surface area contributed by atoms with E-state index in [-0.39, 0.29) is 5.91 Å². The van der Waals surface area contributed by atoms with Gasteiger partial charge in [-0.15, -0.1) is 0 Å². The van der Waals surface area contributed by atoms with Crippen LogP contribution in [-0.2, 0) is 6.54 Å². The summed E-state index contributed by atoms with van der Waals surface area (Å²) in [5.41, 5.74) is 5.81. The maximum atomic E-state index is 12.1. The molecule has 5 heteroatoms. The van der Waals surface area contributed by atoms with Gasteiger partial charge >= 0.3 is 0 Å². The highest BCUT2D eigenvalue weighted by atomic mass is 16.2. The van der Waals surface area contributed by atoms with Gasteiger partial charge in [0.15, 0.2) is 5.82 Å². The monoisotopic (exact) mass is 344 g/mol. The molecule has 1 aliphatic heterocycles. The number of anilines is 1. The summed E-state index contributed by atoms with van der Waals surface area (Å²) in [6, 6.07) is 16.0. The lowest BCUT2D eigenvalue weighted by Gasteiger charge is -2.12. The maximum Gasteiger partial charge on any atom is 0.254 e. The first-order valence-electron chi connectivity index (χ1n) is 8.52. The van der Waals surface area contributed by atoms with Gasteiger partial charge in [-0.1, -0.05) is 18.2 Å². The Labute approximate surface area is 152 Å². The number of amides is 1. The number of benzene rings is 2. The number of hydrogen-bond acceptors (Lipinski definition) is 4. The molecular formula is C21H20N4O. The number of carbonyl (C=O) groups is 1. The molecule has 0 unspecified atom stereocenters. The largest absolute Gasteiger partial charge is 0.378 e. The van der Waals surface area contributed by atoms with Crippen LogP contribution in [-0.4, -0.2) is 41.9 Å². The second kappa shape index (κ2) is 6.26. The maximum absolute atomic E-state index is 12.1. The number of rotatable bonds is 3. The average Bonchev–Trinajstić information content (AvgIpc) is 2.95. The number of aromatic nitrogens is 2. The van der Waals surface area contributed by atoms with E-state index in [0.29, 0.717) is 12.4 Å². The van der Waals surface area contributed by atoms with E-state index in [2.05, 4.69) is 34.1 Å². The van der Waals surface area contributed by atoms with E-state index in [1.165, 1.54) is 0 Å². The van der Waals surface area contributed by atoms with Crippen LogP contribution in [0.15, 0.2) is 54.7 Å². The Balaban J connectivity index is 1.68. The van der Waals surface area contributed by atoms with Crippen LogP contribution in [0.2, 0.25) is 0 Å². The molecule has 1 aromatic heterocycles. The smallest absolute Gasteiger partial charge is 0.254 e. The Morgan fingerprint density at radius 3 is 2.46 bits per heavy atom. The average molecular weight is 344 g/mol. The highest BCUT2D eigenvalue weighted by Crippen LogP contribution is 2.27. The molecule has 2 aromatic carbocycles. The second-order valence-electron chi connectivity index (χ2n) is 6.74. The zero-order valence-corrected chi connectivity index (χ0v) is 15.1. The lowest BCUT2D eigenvalue weighted by Crippen LogP contribution is -2.17. The molecule has 1 amide bonds. The molecule has 1 aliphatic rings. The van der Waals surface area contributed by atoms with Crippen LogP contribution < -0.4 is 4.90 Å². The quantitative estimate of drug-likeness (QED) is 0.730. The minimum Gasteiger partial charge on any atom is -0.378 e. The van der Waals surface area contributed by atoms with Crippen molar-refractivity contribution in [1.82, 2.24) is 14.9 Å². The molecule has 3 aromatic rings. The summed E-state index contributed by atoms with van der Waals surface area (Å²) in [7, 11) is 5.86. The standard InChI is InChI=1S/C21H20N4O/c1-24(2)17-7-4-14(5-8-17)19-10-11-22-20(23-19)15-6-9-18-16(12-15)13-25(3)21(18)26/h4-12H,13H2,1-3H3. The third-order valence-corrected chi connectivity index (χ3v) is 4.68. The molecule has 0 radical (unpaired) electrons. The Kier molecular flexibility index (Phi) is 3.92. The molecule has 26 heavy (non-hydrogen) atoms. The summed E-state index contributed by atoms with van der Waals surface area (Å²) in [5.74, 6) is 0.742. The van der Waals surface area contributed by atoms with Gasteiger partial charge in [-0.25, -0.2) is 9.97 Å². The Morgan fingerprint density at radius 1 is 1.00 bits per heavy atom. The second-order valence-corrected chi connectivity index (χ2v) is 6.74. The Bertz CT molecular complexity index is 980. The van der Waals surface area contributed by atoms with E-state index < -0.39 is 0 Å². The topological polar surface area (TPSA) is 49.3 Å². The van der Waals surface area contributed by atoms with Crippen LogP contribution in [0.25, 0.3) is 22.6 Å². The minimum atomic E-state index is 0.0715. The fourth-order valence-electron chi connectivity index (χ4n) is 3.19. The Hall–Kier alpha value is -3.21. The molecule has 0 saturated carbocycles. The van der Waals surface area contributed by atoms with E-state index in [1.807, 2.05) is 45.4 Å². The molecule has 2 heterocycles. The first-order valence-corrected chi connectivity index (χ1v) is 8.52. The fourth-order valence-corrected chi connectivity index (χ4v) is 3.19. The third kappa shape index (κ3) is 2.81. The van der Waals surface area contributed by atoms with E-state index in [9.17, 15) is 4.79 Å². The van der Waals surface area contributed by atoms with Gasteiger partial charge in [0, 0.05) is 56.3 Å². The van der Waals surface area contributed by atoms with Crippen molar-refractivity contribution in [3.63, 3.8) is 0 Å². The summed E-state index contributed by atoms with van der Waals surface area (Å²) in [6.07, 6.45) is 1.78. The van der Waals surface area contributed by atoms with Crippen LogP contribution in [0.4, 0.5) is 5.69 Å². The van der Waals surface area contributed by atoms with Crippen LogP contribution in [0, 0.1) is 0 Å². The van der Waals surface area contributed by atoms with Crippen molar-refractivity contribution < 1.29 is 4.79 Å². The van der Waals surface area contributed by atoms with Gasteiger partial charge in [0.2, 0.25) is 0 Å². The van der Waals surface area contributed by atoms with Crippen LogP contribution in [0.1, 0.15) is 15.9 Å². The van der Waals surface area contributed by atoms with Gasteiger partial charge in [0.1, 0.15) is 0 Å². The molecule has 4 rings (SSSR count). The van der Waals surface area contributed by atoms with Crippen molar-refractivity contribution >= 4 is 11.6 Å². The Morgan fingerprint density at radius 2 is 1.73 bits per heavy atom. The molecule has 0 fully saturated rings. The highest BCUT2D eigenvalue weighted by Gasteiger charge is 2.24. The number of fused-ring (bicyclic) bond motifs is 1. The van der Waals surface area contributed by atoms with E-state index in [0.717, 1.165) is 33.6 Å². The number of hydrogen-bond donors (Lipinski definition) is 0. The molecule has 130 valence electrons. The molecule has 0 bridgehead atoms. The van der Waals surface area contributed by atoms with Crippen molar-refractivity contribution in [3.8, 4) is 22.6 Å². The van der Waals surface area contributed by atoms with Crippen LogP contribution in [0.3, 0.4) is 0 Å². The molecule has 0 N–H and O–H groups in total. The van der Waals surface area contributed by atoms with Gasteiger partial charge in [0.05, 0.1) is 5.69 Å². The molecule has 0 aliphatic carbocycles. The first kappa shape index (κ1) is 16.3. The normalized spacial score (nSPS) is 13.0. The first-order chi connectivity index (χ1) is 12.5. The minimum absolute atomic E-state index is 0.0715. The van der Waals surface area contributed by atoms with Crippen molar-refractivity contribution in [2.24, 2.45) is 0 Å². The van der Waals surface area contributed by atoms with Crippen molar-refractivity contribution in [3.05, 3.63) is 65.9 Å². The van der Waals surface area contributed by atoms with Gasteiger partial charge in [-0.3, -0.25) is 4.79 Å². The summed E-state index contributed by atoms with van der Waals surface area (Å²) in [5, 5.41) is 0. The zero-order chi connectivity index (χ0) is 18.3. The molecular weight excluding hydrogens is 324 g/mol. The third-order valence-electron chi connectivity index (χ3n) is 4.68. The predicted molar refractivity (Wildman–Crippen MR) is 103 cm³/mol. The van der Waals surface area contributed by atoms with Gasteiger partial charge in [-0.2, -0.15) is 0 Å². The summed E-state index contributed by atoms with van der Waals surface area (Å²) >= 11 is 0. The van der Waals surface area contributed by atoms with E-state index >= 15 is 0 Å². The summed E-state index contributed by atoms with van der Waals surface area (Å²) in [4.78, 5) is 25.0. The van der Waals surface area contributed by atoms with Crippen molar-refractivity contribution in [1.29, 1.82) is 0 Å². The molecule has 5 nitrogen and oxygen atoms in total.